The molecule has 0 heterocycles. The van der Waals surface area contributed by atoms with E-state index in [2.05, 4.69) is 52.0 Å². The van der Waals surface area contributed by atoms with Gasteiger partial charge >= 0.3 is 5.97 Å². The molecule has 0 bridgehead atoms. The van der Waals surface area contributed by atoms with Crippen LogP contribution in [0.5, 0.6) is 11.5 Å². The first-order valence-corrected chi connectivity index (χ1v) is 12.4. The standard InChI is InChI=1S/C31H36O4/c1-7-24-18-22(17-23-14-16-29(25(8-2)19-23)35-31(5,6)9-3)13-15-28(24)34-30(33)27-12-10-11-26(20-27)21(4)32/h10-16,18-20H,7-9,17H2,1-6H3. The van der Waals surface area contributed by atoms with Gasteiger partial charge in [0.2, 0.25) is 0 Å². The lowest BCUT2D eigenvalue weighted by molar-refractivity contribution is 0.0733. The molecule has 4 nitrogen and oxygen atoms in total. The molecule has 0 aliphatic heterocycles. The first kappa shape index (κ1) is 26.2. The second-order valence-corrected chi connectivity index (χ2v) is 9.51. The molecule has 0 aliphatic carbocycles. The molecule has 3 aromatic rings. The molecule has 0 aromatic heterocycles. The van der Waals surface area contributed by atoms with E-state index in [9.17, 15) is 9.59 Å². The summed E-state index contributed by atoms with van der Waals surface area (Å²) in [7, 11) is 0. The van der Waals surface area contributed by atoms with Crippen molar-refractivity contribution in [3.05, 3.63) is 94.0 Å². The van der Waals surface area contributed by atoms with Crippen LogP contribution < -0.4 is 9.47 Å². The van der Waals surface area contributed by atoms with Crippen molar-refractivity contribution in [2.45, 2.75) is 72.8 Å². The Bertz CT molecular complexity index is 1210. The third kappa shape index (κ3) is 6.82. The Morgan fingerprint density at radius 1 is 0.771 bits per heavy atom. The van der Waals surface area contributed by atoms with Crippen LogP contribution in [0.15, 0.2) is 60.7 Å². The Balaban J connectivity index is 1.78. The zero-order valence-corrected chi connectivity index (χ0v) is 21.7. The third-order valence-corrected chi connectivity index (χ3v) is 6.36. The van der Waals surface area contributed by atoms with Crippen LogP contribution in [0.25, 0.3) is 0 Å². The minimum absolute atomic E-state index is 0.0850. The highest BCUT2D eigenvalue weighted by Crippen LogP contribution is 2.29. The monoisotopic (exact) mass is 472 g/mol. The summed E-state index contributed by atoms with van der Waals surface area (Å²) in [5, 5.41) is 0. The number of Topliss-reactive ketones (excluding diaryl/α,β-unsaturated/α-hetero) is 1. The van der Waals surface area contributed by atoms with E-state index in [1.165, 1.54) is 18.1 Å². The molecule has 0 radical (unpaired) electrons. The van der Waals surface area contributed by atoms with Gasteiger partial charge in [0, 0.05) is 5.56 Å². The number of benzene rings is 3. The summed E-state index contributed by atoms with van der Waals surface area (Å²) in [5.41, 5.74) is 5.22. The normalized spacial score (nSPS) is 11.3. The molecule has 4 heteroatoms. The van der Waals surface area contributed by atoms with Gasteiger partial charge in [-0.3, -0.25) is 4.79 Å². The fourth-order valence-corrected chi connectivity index (χ4v) is 3.87. The second-order valence-electron chi connectivity index (χ2n) is 9.51. The average Bonchev–Trinajstić information content (AvgIpc) is 2.85. The summed E-state index contributed by atoms with van der Waals surface area (Å²) in [6.45, 7) is 12.0. The van der Waals surface area contributed by atoms with Crippen LogP contribution in [0.2, 0.25) is 0 Å². The highest BCUT2D eigenvalue weighted by molar-refractivity contribution is 5.98. The number of esters is 1. The van der Waals surface area contributed by atoms with Gasteiger partial charge in [0.15, 0.2) is 5.78 Å². The zero-order valence-electron chi connectivity index (χ0n) is 21.7. The summed E-state index contributed by atoms with van der Waals surface area (Å²) in [6.07, 6.45) is 3.37. The van der Waals surface area contributed by atoms with E-state index in [0.717, 1.165) is 42.6 Å². The molecule has 0 unspecified atom stereocenters. The van der Waals surface area contributed by atoms with E-state index in [1.54, 1.807) is 24.3 Å². The number of rotatable bonds is 10. The quantitative estimate of drug-likeness (QED) is 0.175. The highest BCUT2D eigenvalue weighted by atomic mass is 16.5. The minimum Gasteiger partial charge on any atom is -0.488 e. The van der Waals surface area contributed by atoms with Crippen LogP contribution in [0.3, 0.4) is 0 Å². The third-order valence-electron chi connectivity index (χ3n) is 6.36. The van der Waals surface area contributed by atoms with E-state index in [-0.39, 0.29) is 11.4 Å². The van der Waals surface area contributed by atoms with E-state index in [0.29, 0.717) is 16.9 Å². The molecule has 0 saturated heterocycles. The minimum atomic E-state index is -0.464. The lowest BCUT2D eigenvalue weighted by Gasteiger charge is -2.26. The SMILES string of the molecule is CCc1cc(Cc2ccc(OC(C)(C)CC)c(CC)c2)ccc1OC(=O)c1cccc(C(C)=O)c1. The van der Waals surface area contributed by atoms with Crippen molar-refractivity contribution in [2.24, 2.45) is 0 Å². The van der Waals surface area contributed by atoms with Crippen molar-refractivity contribution in [1.82, 2.24) is 0 Å². The maximum atomic E-state index is 12.7. The lowest BCUT2D eigenvalue weighted by atomic mass is 9.98. The Kier molecular flexibility index (Phi) is 8.50. The molecule has 0 N–H and O–H groups in total. The van der Waals surface area contributed by atoms with Gasteiger partial charge in [-0.25, -0.2) is 4.79 Å². The van der Waals surface area contributed by atoms with Crippen molar-refractivity contribution < 1.29 is 19.1 Å². The predicted octanol–water partition coefficient (Wildman–Crippen LogP) is 7.39. The number of aryl methyl sites for hydroxylation is 2. The van der Waals surface area contributed by atoms with Gasteiger partial charge < -0.3 is 9.47 Å². The van der Waals surface area contributed by atoms with E-state index in [1.807, 2.05) is 19.1 Å². The Morgan fingerprint density at radius 2 is 1.34 bits per heavy atom. The fourth-order valence-electron chi connectivity index (χ4n) is 3.87. The zero-order chi connectivity index (χ0) is 25.6. The molecule has 3 aromatic carbocycles. The number of ether oxygens (including phenoxy) is 2. The van der Waals surface area contributed by atoms with Gasteiger partial charge in [0.1, 0.15) is 17.1 Å². The fraction of sp³-hybridized carbons (Fsp3) is 0.355. The highest BCUT2D eigenvalue weighted by Gasteiger charge is 2.19. The maximum Gasteiger partial charge on any atom is 0.343 e. The van der Waals surface area contributed by atoms with Gasteiger partial charge in [0.25, 0.3) is 0 Å². The Hall–Kier alpha value is -3.40. The Labute approximate surface area is 209 Å². The molecule has 3 rings (SSSR count). The summed E-state index contributed by atoms with van der Waals surface area (Å²) >= 11 is 0. The first-order chi connectivity index (χ1) is 16.7. The van der Waals surface area contributed by atoms with Crippen LogP contribution in [-0.2, 0) is 19.3 Å². The van der Waals surface area contributed by atoms with Crippen LogP contribution in [-0.4, -0.2) is 17.4 Å². The second kappa shape index (κ2) is 11.4. The van der Waals surface area contributed by atoms with Gasteiger partial charge in [-0.05, 0) is 93.0 Å². The molecule has 0 aliphatic rings. The predicted molar refractivity (Wildman–Crippen MR) is 141 cm³/mol. The van der Waals surface area contributed by atoms with Gasteiger partial charge in [-0.1, -0.05) is 57.2 Å². The van der Waals surface area contributed by atoms with E-state index >= 15 is 0 Å². The average molecular weight is 473 g/mol. The van der Waals surface area contributed by atoms with Crippen LogP contribution >= 0.6 is 0 Å². The molecule has 0 saturated carbocycles. The van der Waals surface area contributed by atoms with Crippen LogP contribution in [0.4, 0.5) is 0 Å². The number of ketones is 1. The number of hydrogen-bond acceptors (Lipinski definition) is 4. The maximum absolute atomic E-state index is 12.7. The number of carbonyl (C=O) groups excluding carboxylic acids is 2. The van der Waals surface area contributed by atoms with Crippen molar-refractivity contribution in [3.63, 3.8) is 0 Å². The molecule has 0 atom stereocenters. The molecular formula is C31H36O4. The number of hydrogen-bond donors (Lipinski definition) is 0. The molecule has 184 valence electrons. The summed E-state index contributed by atoms with van der Waals surface area (Å²) in [6, 6.07) is 19.0. The van der Waals surface area contributed by atoms with Crippen LogP contribution in [0, 0.1) is 0 Å². The molecule has 35 heavy (non-hydrogen) atoms. The van der Waals surface area contributed by atoms with Crippen molar-refractivity contribution >= 4 is 11.8 Å². The largest absolute Gasteiger partial charge is 0.488 e. The first-order valence-electron chi connectivity index (χ1n) is 12.4. The molecular weight excluding hydrogens is 436 g/mol. The lowest BCUT2D eigenvalue weighted by Crippen LogP contribution is -2.27. The smallest absolute Gasteiger partial charge is 0.343 e. The number of carbonyl (C=O) groups is 2. The summed E-state index contributed by atoms with van der Waals surface area (Å²) < 4.78 is 12.0. The molecule has 0 amide bonds. The van der Waals surface area contributed by atoms with Crippen LogP contribution in [0.1, 0.15) is 90.9 Å². The van der Waals surface area contributed by atoms with Gasteiger partial charge in [-0.15, -0.1) is 0 Å². The van der Waals surface area contributed by atoms with E-state index in [4.69, 9.17) is 9.47 Å². The van der Waals surface area contributed by atoms with Crippen molar-refractivity contribution in [3.8, 4) is 11.5 Å². The summed E-state index contributed by atoms with van der Waals surface area (Å²) in [5.74, 6) is 0.953. The van der Waals surface area contributed by atoms with Gasteiger partial charge in [0.05, 0.1) is 5.56 Å². The topological polar surface area (TPSA) is 52.6 Å². The Morgan fingerprint density at radius 3 is 1.91 bits per heavy atom. The molecule has 0 fully saturated rings. The molecule has 0 spiro atoms. The van der Waals surface area contributed by atoms with Crippen molar-refractivity contribution in [1.29, 1.82) is 0 Å². The van der Waals surface area contributed by atoms with E-state index < -0.39 is 5.97 Å². The van der Waals surface area contributed by atoms with Gasteiger partial charge in [-0.2, -0.15) is 0 Å². The summed E-state index contributed by atoms with van der Waals surface area (Å²) in [4.78, 5) is 24.4. The van der Waals surface area contributed by atoms with Crippen molar-refractivity contribution in [2.75, 3.05) is 0 Å².